The summed E-state index contributed by atoms with van der Waals surface area (Å²) in [5, 5.41) is 2.63. The van der Waals surface area contributed by atoms with E-state index in [1.165, 1.54) is 6.33 Å². The van der Waals surface area contributed by atoms with Gasteiger partial charge in [0, 0.05) is 53.2 Å². The van der Waals surface area contributed by atoms with Crippen molar-refractivity contribution in [2.24, 2.45) is 0 Å². The second-order valence-electron chi connectivity index (χ2n) is 8.04. The second-order valence-corrected chi connectivity index (χ2v) is 8.48. The van der Waals surface area contributed by atoms with E-state index in [9.17, 15) is 4.79 Å². The number of halogens is 1. The Kier molecular flexibility index (Phi) is 5.00. The Bertz CT molecular complexity index is 1290. The average molecular weight is 435 g/mol. The number of amides is 1. The number of H-pyrrole nitrogens is 1. The van der Waals surface area contributed by atoms with Crippen molar-refractivity contribution in [3.05, 3.63) is 65.1 Å². The maximum atomic E-state index is 13.1. The van der Waals surface area contributed by atoms with Gasteiger partial charge in [0.25, 0.3) is 0 Å². The number of nitrogen functional groups attached to an aromatic ring is 1. The van der Waals surface area contributed by atoms with Crippen LogP contribution >= 0.6 is 11.6 Å². The number of piperazine rings is 1. The highest BCUT2D eigenvalue weighted by Crippen LogP contribution is 2.24. The zero-order valence-electron chi connectivity index (χ0n) is 17.2. The second kappa shape index (κ2) is 7.83. The number of anilines is 1. The summed E-state index contributed by atoms with van der Waals surface area (Å²) < 4.78 is 0. The van der Waals surface area contributed by atoms with Crippen LogP contribution < -0.4 is 5.73 Å². The van der Waals surface area contributed by atoms with Crippen LogP contribution in [0.25, 0.3) is 21.8 Å². The van der Waals surface area contributed by atoms with Gasteiger partial charge in [0.15, 0.2) is 0 Å². The van der Waals surface area contributed by atoms with E-state index in [1.807, 2.05) is 48.2 Å². The summed E-state index contributed by atoms with van der Waals surface area (Å²) in [7, 11) is 0. The minimum absolute atomic E-state index is 0.132. The highest BCUT2D eigenvalue weighted by molar-refractivity contribution is 6.31. The number of hydrogen-bond donors (Lipinski definition) is 2. The smallest absolute Gasteiger partial charge is 0.239 e. The van der Waals surface area contributed by atoms with E-state index < -0.39 is 0 Å². The molecule has 0 unspecified atom stereocenters. The van der Waals surface area contributed by atoms with Crippen LogP contribution in [0.5, 0.6) is 0 Å². The lowest BCUT2D eigenvalue weighted by atomic mass is 10.1. The Morgan fingerprint density at radius 2 is 2.00 bits per heavy atom. The van der Waals surface area contributed by atoms with Crippen molar-refractivity contribution in [1.82, 2.24) is 24.8 Å². The number of benzene rings is 2. The van der Waals surface area contributed by atoms with Crippen LogP contribution in [0.15, 0.2) is 48.8 Å². The molecule has 0 radical (unpaired) electrons. The number of hydrogen-bond acceptors (Lipinski definition) is 5. The Hall–Kier alpha value is -3.16. The van der Waals surface area contributed by atoms with Crippen molar-refractivity contribution in [2.75, 3.05) is 18.8 Å². The van der Waals surface area contributed by atoms with Gasteiger partial charge in [0.05, 0.1) is 11.6 Å². The van der Waals surface area contributed by atoms with E-state index in [0.29, 0.717) is 25.5 Å². The van der Waals surface area contributed by atoms with Crippen LogP contribution in [0.4, 0.5) is 5.82 Å². The molecule has 158 valence electrons. The van der Waals surface area contributed by atoms with Crippen LogP contribution in [0, 0.1) is 0 Å². The summed E-state index contributed by atoms with van der Waals surface area (Å²) in [5.41, 5.74) is 9.87. The van der Waals surface area contributed by atoms with Gasteiger partial charge < -0.3 is 15.6 Å². The minimum Gasteiger partial charge on any atom is -0.383 e. The van der Waals surface area contributed by atoms with Crippen LogP contribution in [0.3, 0.4) is 0 Å². The van der Waals surface area contributed by atoms with Gasteiger partial charge in [-0.3, -0.25) is 9.69 Å². The largest absolute Gasteiger partial charge is 0.383 e. The molecule has 1 fully saturated rings. The van der Waals surface area contributed by atoms with Crippen molar-refractivity contribution < 1.29 is 4.79 Å². The van der Waals surface area contributed by atoms with E-state index in [0.717, 1.165) is 44.6 Å². The molecule has 1 aliphatic rings. The quantitative estimate of drug-likeness (QED) is 0.512. The van der Waals surface area contributed by atoms with Crippen LogP contribution in [0.2, 0.25) is 5.02 Å². The fourth-order valence-corrected chi connectivity index (χ4v) is 4.44. The Labute approximate surface area is 184 Å². The molecule has 7 nitrogen and oxygen atoms in total. The maximum Gasteiger partial charge on any atom is 0.239 e. The summed E-state index contributed by atoms with van der Waals surface area (Å²) in [5.74, 6) is 0.599. The lowest BCUT2D eigenvalue weighted by molar-refractivity contribution is -0.142. The summed E-state index contributed by atoms with van der Waals surface area (Å²) in [6.07, 6.45) is 1.46. The molecule has 3 N–H and O–H groups in total. The SMILES string of the molecule is C[C@H]1C(=O)N(Cc2ccc3c(N)ncnc3c2)CCN1Cc1cc2cc(Cl)ccc2[nH]1. The van der Waals surface area contributed by atoms with E-state index in [2.05, 4.69) is 25.9 Å². The predicted molar refractivity (Wildman–Crippen MR) is 123 cm³/mol. The van der Waals surface area contributed by atoms with Crippen molar-refractivity contribution in [3.63, 3.8) is 0 Å². The third-order valence-corrected chi connectivity index (χ3v) is 6.23. The molecule has 1 aliphatic heterocycles. The number of fused-ring (bicyclic) bond motifs is 2. The number of rotatable bonds is 4. The van der Waals surface area contributed by atoms with Gasteiger partial charge in [-0.1, -0.05) is 17.7 Å². The first-order chi connectivity index (χ1) is 15.0. The Morgan fingerprint density at radius 1 is 1.13 bits per heavy atom. The molecule has 0 saturated carbocycles. The number of nitrogens with one attached hydrogen (secondary N) is 1. The first kappa shape index (κ1) is 19.8. The van der Waals surface area contributed by atoms with Crippen LogP contribution in [-0.4, -0.2) is 49.8 Å². The lowest BCUT2D eigenvalue weighted by Gasteiger charge is -2.39. The van der Waals surface area contributed by atoms with Gasteiger partial charge >= 0.3 is 0 Å². The lowest BCUT2D eigenvalue weighted by Crippen LogP contribution is -2.54. The fraction of sp³-hybridized carbons (Fsp3) is 0.261. The topological polar surface area (TPSA) is 91.1 Å². The number of aromatic amines is 1. The fourth-order valence-electron chi connectivity index (χ4n) is 4.26. The molecule has 1 atom stereocenters. The van der Waals surface area contributed by atoms with E-state index in [4.69, 9.17) is 17.3 Å². The third-order valence-electron chi connectivity index (χ3n) is 5.99. The summed E-state index contributed by atoms with van der Waals surface area (Å²) in [6, 6.07) is 13.6. The van der Waals surface area contributed by atoms with Crippen molar-refractivity contribution in [3.8, 4) is 0 Å². The van der Waals surface area contributed by atoms with E-state index in [-0.39, 0.29) is 11.9 Å². The molecule has 0 bridgehead atoms. The highest BCUT2D eigenvalue weighted by atomic mass is 35.5. The molecule has 1 amide bonds. The molecular formula is C23H23ClN6O. The molecule has 31 heavy (non-hydrogen) atoms. The predicted octanol–water partition coefficient (Wildman–Crippen LogP) is 3.58. The number of carbonyl (C=O) groups excluding carboxylic acids is 1. The highest BCUT2D eigenvalue weighted by Gasteiger charge is 2.31. The minimum atomic E-state index is -0.192. The average Bonchev–Trinajstić information content (AvgIpc) is 3.15. The zero-order valence-corrected chi connectivity index (χ0v) is 17.9. The number of nitrogens with zero attached hydrogens (tertiary/aromatic N) is 4. The molecule has 8 heteroatoms. The van der Waals surface area contributed by atoms with Crippen molar-refractivity contribution >= 4 is 45.1 Å². The maximum absolute atomic E-state index is 13.1. The van der Waals surface area contributed by atoms with Crippen LogP contribution in [0.1, 0.15) is 18.2 Å². The summed E-state index contributed by atoms with van der Waals surface area (Å²) in [4.78, 5) is 28.9. The normalized spacial score (nSPS) is 17.7. The van der Waals surface area contributed by atoms with Gasteiger partial charge in [-0.2, -0.15) is 0 Å². The Balaban J connectivity index is 1.28. The molecule has 1 saturated heterocycles. The number of nitrogens with two attached hydrogens (primary N) is 1. The summed E-state index contributed by atoms with van der Waals surface area (Å²) >= 11 is 6.10. The standard InChI is InChI=1S/C23H23ClN6O/c1-14-23(31)30(11-15-2-4-19-21(8-15)26-13-27-22(19)25)7-6-29(14)12-18-10-16-9-17(24)3-5-20(16)28-18/h2-5,8-10,13-14,28H,6-7,11-12H2,1H3,(H2,25,26,27)/t14-/m0/s1. The molecule has 4 aromatic rings. The molecule has 3 heterocycles. The van der Waals surface area contributed by atoms with E-state index >= 15 is 0 Å². The molecule has 2 aromatic carbocycles. The van der Waals surface area contributed by atoms with Gasteiger partial charge in [-0.05, 0) is 48.9 Å². The monoisotopic (exact) mass is 434 g/mol. The van der Waals surface area contributed by atoms with Gasteiger partial charge in [0.1, 0.15) is 12.1 Å². The van der Waals surface area contributed by atoms with Gasteiger partial charge in [-0.25, -0.2) is 9.97 Å². The van der Waals surface area contributed by atoms with Crippen molar-refractivity contribution in [2.45, 2.75) is 26.1 Å². The molecule has 2 aromatic heterocycles. The molecule has 0 spiro atoms. The molecule has 5 rings (SSSR count). The van der Waals surface area contributed by atoms with Crippen molar-refractivity contribution in [1.29, 1.82) is 0 Å². The summed E-state index contributed by atoms with van der Waals surface area (Å²) in [6.45, 7) is 4.72. The number of aromatic nitrogens is 3. The van der Waals surface area contributed by atoms with Gasteiger partial charge in [-0.15, -0.1) is 0 Å². The van der Waals surface area contributed by atoms with E-state index in [1.54, 1.807) is 0 Å². The Morgan fingerprint density at radius 3 is 2.87 bits per heavy atom. The first-order valence-corrected chi connectivity index (χ1v) is 10.6. The zero-order chi connectivity index (χ0) is 21.5. The van der Waals surface area contributed by atoms with Crippen LogP contribution in [-0.2, 0) is 17.9 Å². The molecular weight excluding hydrogens is 412 g/mol. The van der Waals surface area contributed by atoms with Gasteiger partial charge in [0.2, 0.25) is 5.91 Å². The first-order valence-electron chi connectivity index (χ1n) is 10.3. The third kappa shape index (κ3) is 3.82. The molecule has 0 aliphatic carbocycles. The number of carbonyl (C=O) groups is 1.